The molecule has 1 unspecified atom stereocenters. The second-order valence-corrected chi connectivity index (χ2v) is 5.47. The van der Waals surface area contributed by atoms with Gasteiger partial charge in [-0.2, -0.15) is 0 Å². The molecule has 2 heterocycles. The van der Waals surface area contributed by atoms with E-state index in [-0.39, 0.29) is 11.9 Å². The Bertz CT molecular complexity index is 695. The van der Waals surface area contributed by atoms with Gasteiger partial charge in [0.25, 0.3) is 0 Å². The molecule has 0 saturated carbocycles. The predicted octanol–water partition coefficient (Wildman–Crippen LogP) is 2.69. The lowest BCUT2D eigenvalue weighted by molar-refractivity contribution is -0.117. The molecule has 1 aromatic heterocycles. The summed E-state index contributed by atoms with van der Waals surface area (Å²) in [7, 11) is 1.76. The quantitative estimate of drug-likeness (QED) is 0.913. The lowest BCUT2D eigenvalue weighted by Gasteiger charge is -2.12. The lowest BCUT2D eigenvalue weighted by Crippen LogP contribution is -2.23. The molecule has 0 bridgehead atoms. The van der Waals surface area contributed by atoms with E-state index in [1.54, 1.807) is 13.2 Å². The number of benzene rings is 1. The Morgan fingerprint density at radius 2 is 2.29 bits per heavy atom. The SMILES string of the molecule is CCCc1nccn1-c1cc2c(cc1Cl)C(NC)C(=O)N2. The van der Waals surface area contributed by atoms with Gasteiger partial charge in [0.2, 0.25) is 5.91 Å². The molecular formula is C15H17ClN4O. The first-order chi connectivity index (χ1) is 10.2. The van der Waals surface area contributed by atoms with Crippen LogP contribution in [0.5, 0.6) is 0 Å². The van der Waals surface area contributed by atoms with Gasteiger partial charge in [0.1, 0.15) is 11.9 Å². The van der Waals surface area contributed by atoms with E-state index in [0.717, 1.165) is 35.6 Å². The maximum atomic E-state index is 11.9. The van der Waals surface area contributed by atoms with Crippen LogP contribution < -0.4 is 10.6 Å². The first kappa shape index (κ1) is 14.1. The van der Waals surface area contributed by atoms with Gasteiger partial charge in [0.15, 0.2) is 0 Å². The number of nitrogens with one attached hydrogen (secondary N) is 2. The van der Waals surface area contributed by atoms with Crippen LogP contribution in [0.15, 0.2) is 24.5 Å². The minimum atomic E-state index is -0.343. The van der Waals surface area contributed by atoms with Crippen molar-refractivity contribution < 1.29 is 4.79 Å². The molecule has 110 valence electrons. The van der Waals surface area contributed by atoms with Crippen LogP contribution in [0.4, 0.5) is 5.69 Å². The average Bonchev–Trinajstić information content (AvgIpc) is 3.02. The van der Waals surface area contributed by atoms with Crippen molar-refractivity contribution in [3.63, 3.8) is 0 Å². The zero-order valence-corrected chi connectivity index (χ0v) is 12.7. The van der Waals surface area contributed by atoms with Gasteiger partial charge in [-0.1, -0.05) is 18.5 Å². The second-order valence-electron chi connectivity index (χ2n) is 5.07. The van der Waals surface area contributed by atoms with Crippen molar-refractivity contribution in [1.82, 2.24) is 14.9 Å². The number of imidazole rings is 1. The third kappa shape index (κ3) is 2.32. The van der Waals surface area contributed by atoms with E-state index < -0.39 is 0 Å². The third-order valence-electron chi connectivity index (χ3n) is 3.69. The van der Waals surface area contributed by atoms with Crippen molar-refractivity contribution in [2.24, 2.45) is 0 Å². The maximum absolute atomic E-state index is 11.9. The summed E-state index contributed by atoms with van der Waals surface area (Å²) in [6, 6.07) is 3.42. The number of nitrogens with zero attached hydrogens (tertiary/aromatic N) is 2. The molecule has 0 fully saturated rings. The van der Waals surface area contributed by atoms with E-state index in [2.05, 4.69) is 22.5 Å². The second kappa shape index (κ2) is 5.50. The Hall–Kier alpha value is -1.85. The van der Waals surface area contributed by atoms with Gasteiger partial charge >= 0.3 is 0 Å². The topological polar surface area (TPSA) is 59.0 Å². The van der Waals surface area contributed by atoms with Gasteiger partial charge < -0.3 is 15.2 Å². The van der Waals surface area contributed by atoms with Crippen molar-refractivity contribution in [3.8, 4) is 5.69 Å². The van der Waals surface area contributed by atoms with Gasteiger partial charge in [0, 0.05) is 30.1 Å². The molecule has 1 aliphatic rings. The highest BCUT2D eigenvalue weighted by molar-refractivity contribution is 6.32. The fourth-order valence-corrected chi connectivity index (χ4v) is 2.97. The molecule has 6 heteroatoms. The number of amides is 1. The van der Waals surface area contributed by atoms with Crippen LogP contribution in [0.3, 0.4) is 0 Å². The largest absolute Gasteiger partial charge is 0.324 e. The fourth-order valence-electron chi connectivity index (χ4n) is 2.70. The minimum Gasteiger partial charge on any atom is -0.324 e. The molecule has 0 radical (unpaired) electrons. The number of aryl methyl sites for hydroxylation is 1. The van der Waals surface area contributed by atoms with Gasteiger partial charge in [-0.05, 0) is 25.6 Å². The van der Waals surface area contributed by atoms with Crippen LogP contribution in [0.1, 0.15) is 30.8 Å². The van der Waals surface area contributed by atoms with E-state index in [0.29, 0.717) is 5.02 Å². The fraction of sp³-hybridized carbons (Fsp3) is 0.333. The average molecular weight is 305 g/mol. The van der Waals surface area contributed by atoms with E-state index in [1.807, 2.05) is 22.9 Å². The lowest BCUT2D eigenvalue weighted by atomic mass is 10.1. The molecular weight excluding hydrogens is 288 g/mol. The minimum absolute atomic E-state index is 0.0554. The van der Waals surface area contributed by atoms with Crippen molar-refractivity contribution in [1.29, 1.82) is 0 Å². The zero-order valence-electron chi connectivity index (χ0n) is 12.0. The summed E-state index contributed by atoms with van der Waals surface area (Å²) in [5.74, 6) is 0.911. The summed E-state index contributed by atoms with van der Waals surface area (Å²) in [6.07, 6.45) is 5.55. The Labute approximate surface area is 128 Å². The number of carbonyl (C=O) groups is 1. The molecule has 21 heavy (non-hydrogen) atoms. The predicted molar refractivity (Wildman–Crippen MR) is 83.0 cm³/mol. The number of hydrogen-bond acceptors (Lipinski definition) is 3. The van der Waals surface area contributed by atoms with Crippen LogP contribution in [0.25, 0.3) is 5.69 Å². The summed E-state index contributed by atoms with van der Waals surface area (Å²) < 4.78 is 1.98. The molecule has 2 N–H and O–H groups in total. The highest BCUT2D eigenvalue weighted by atomic mass is 35.5. The van der Waals surface area contributed by atoms with Crippen molar-refractivity contribution in [3.05, 3.63) is 40.9 Å². The molecule has 5 nitrogen and oxygen atoms in total. The standard InChI is InChI=1S/C15H17ClN4O/c1-3-4-13-18-5-6-20(13)12-8-11-9(7-10(12)16)14(17-2)15(21)19-11/h5-8,14,17H,3-4H2,1-2H3,(H,19,21). The Morgan fingerprint density at radius 1 is 1.48 bits per heavy atom. The van der Waals surface area contributed by atoms with Crippen LogP contribution >= 0.6 is 11.6 Å². The highest BCUT2D eigenvalue weighted by Gasteiger charge is 2.30. The van der Waals surface area contributed by atoms with Crippen molar-refractivity contribution in [2.75, 3.05) is 12.4 Å². The van der Waals surface area contributed by atoms with Crippen molar-refractivity contribution in [2.45, 2.75) is 25.8 Å². The Morgan fingerprint density at radius 3 is 3.00 bits per heavy atom. The first-order valence-electron chi connectivity index (χ1n) is 7.00. The van der Waals surface area contributed by atoms with Gasteiger partial charge in [-0.25, -0.2) is 4.98 Å². The van der Waals surface area contributed by atoms with E-state index in [9.17, 15) is 4.79 Å². The molecule has 1 aliphatic heterocycles. The number of likely N-dealkylation sites (N-methyl/N-ethyl adjacent to an activating group) is 1. The number of carbonyl (C=O) groups excluding carboxylic acids is 1. The number of rotatable bonds is 4. The summed E-state index contributed by atoms with van der Waals surface area (Å²) in [5.41, 5.74) is 2.52. The van der Waals surface area contributed by atoms with Gasteiger partial charge in [-0.15, -0.1) is 0 Å². The number of fused-ring (bicyclic) bond motifs is 1. The summed E-state index contributed by atoms with van der Waals surface area (Å²) in [5, 5.41) is 6.49. The third-order valence-corrected chi connectivity index (χ3v) is 3.99. The molecule has 1 aromatic carbocycles. The summed E-state index contributed by atoms with van der Waals surface area (Å²) >= 11 is 6.43. The Balaban J connectivity index is 2.08. The molecule has 1 amide bonds. The van der Waals surface area contributed by atoms with E-state index >= 15 is 0 Å². The Kier molecular flexibility index (Phi) is 3.69. The van der Waals surface area contributed by atoms with Gasteiger partial charge in [0.05, 0.1) is 10.7 Å². The maximum Gasteiger partial charge on any atom is 0.246 e. The number of halogens is 1. The van der Waals surface area contributed by atoms with Crippen LogP contribution in [-0.4, -0.2) is 22.5 Å². The molecule has 0 aliphatic carbocycles. The van der Waals surface area contributed by atoms with Crippen LogP contribution in [0, 0.1) is 0 Å². The monoisotopic (exact) mass is 304 g/mol. The van der Waals surface area contributed by atoms with Crippen molar-refractivity contribution >= 4 is 23.2 Å². The number of hydrogen-bond donors (Lipinski definition) is 2. The smallest absolute Gasteiger partial charge is 0.246 e. The van der Waals surface area contributed by atoms with E-state index in [4.69, 9.17) is 11.6 Å². The highest BCUT2D eigenvalue weighted by Crippen LogP contribution is 2.36. The molecule has 2 aromatic rings. The summed E-state index contributed by atoms with van der Waals surface area (Å²) in [6.45, 7) is 2.11. The van der Waals surface area contributed by atoms with E-state index in [1.165, 1.54) is 0 Å². The van der Waals surface area contributed by atoms with Crippen LogP contribution in [0.2, 0.25) is 5.02 Å². The number of aromatic nitrogens is 2. The molecule has 0 saturated heterocycles. The zero-order chi connectivity index (χ0) is 15.0. The summed E-state index contributed by atoms with van der Waals surface area (Å²) in [4.78, 5) is 16.3. The molecule has 3 rings (SSSR count). The number of anilines is 1. The normalized spacial score (nSPS) is 16.9. The van der Waals surface area contributed by atoms with Crippen LogP contribution in [-0.2, 0) is 11.2 Å². The van der Waals surface area contributed by atoms with Gasteiger partial charge in [-0.3, -0.25) is 4.79 Å². The molecule has 0 spiro atoms. The molecule has 1 atom stereocenters. The first-order valence-corrected chi connectivity index (χ1v) is 7.37.